The highest BCUT2D eigenvalue weighted by Gasteiger charge is 2.22. The van der Waals surface area contributed by atoms with Gasteiger partial charge in [-0.2, -0.15) is 0 Å². The molecule has 1 rings (SSSR count). The molecule has 0 radical (unpaired) electrons. The predicted octanol–water partition coefficient (Wildman–Crippen LogP) is 1.23. The summed E-state index contributed by atoms with van der Waals surface area (Å²) in [4.78, 5) is 2.21. The van der Waals surface area contributed by atoms with Crippen LogP contribution in [0.3, 0.4) is 0 Å². The summed E-state index contributed by atoms with van der Waals surface area (Å²) in [5.74, 6) is 3.33. The van der Waals surface area contributed by atoms with Gasteiger partial charge in [0.15, 0.2) is 5.11 Å². The zero-order valence-electron chi connectivity index (χ0n) is 8.05. The molecule has 0 bridgehead atoms. The van der Waals surface area contributed by atoms with Gasteiger partial charge < -0.3 is 10.2 Å². The van der Waals surface area contributed by atoms with Crippen molar-refractivity contribution >= 4 is 17.3 Å². The van der Waals surface area contributed by atoms with E-state index in [9.17, 15) is 0 Å². The van der Waals surface area contributed by atoms with Crippen molar-refractivity contribution in [1.82, 2.24) is 10.2 Å². The van der Waals surface area contributed by atoms with E-state index in [0.29, 0.717) is 6.54 Å². The van der Waals surface area contributed by atoms with Gasteiger partial charge in [-0.25, -0.2) is 0 Å². The van der Waals surface area contributed by atoms with E-state index in [1.165, 1.54) is 12.8 Å². The lowest BCUT2D eigenvalue weighted by Gasteiger charge is -2.19. The zero-order valence-corrected chi connectivity index (χ0v) is 8.86. The number of terminal acetylenes is 1. The van der Waals surface area contributed by atoms with E-state index in [4.69, 9.17) is 18.6 Å². The van der Waals surface area contributed by atoms with Gasteiger partial charge in [0.25, 0.3) is 0 Å². The van der Waals surface area contributed by atoms with Crippen LogP contribution in [0.15, 0.2) is 0 Å². The van der Waals surface area contributed by atoms with Crippen LogP contribution < -0.4 is 5.32 Å². The molecule has 72 valence electrons. The number of nitrogens with zero attached hydrogens (tertiary/aromatic N) is 1. The fraction of sp³-hybridized carbons (Fsp3) is 0.700. The van der Waals surface area contributed by atoms with Crippen molar-refractivity contribution < 1.29 is 0 Å². The Morgan fingerprint density at radius 2 is 2.54 bits per heavy atom. The summed E-state index contributed by atoms with van der Waals surface area (Å²) < 4.78 is 0. The number of thiocarbonyl (C=S) groups is 1. The third kappa shape index (κ3) is 2.89. The van der Waals surface area contributed by atoms with Gasteiger partial charge in [-0.05, 0) is 24.6 Å². The maximum atomic E-state index is 5.20. The quantitative estimate of drug-likeness (QED) is 0.528. The summed E-state index contributed by atoms with van der Waals surface area (Å²) in [6.07, 6.45) is 7.64. The molecule has 1 aliphatic heterocycles. The molecular formula is C10H16N2S. The van der Waals surface area contributed by atoms with Gasteiger partial charge in [-0.3, -0.25) is 0 Å². The number of hydrogen-bond acceptors (Lipinski definition) is 1. The van der Waals surface area contributed by atoms with Crippen molar-refractivity contribution in [2.24, 2.45) is 5.92 Å². The molecule has 0 aromatic carbocycles. The Hall–Kier alpha value is -0.750. The summed E-state index contributed by atoms with van der Waals surface area (Å²) in [7, 11) is 0. The molecule has 13 heavy (non-hydrogen) atoms. The largest absolute Gasteiger partial charge is 0.352 e. The average molecular weight is 196 g/mol. The first-order valence-corrected chi connectivity index (χ1v) is 5.15. The van der Waals surface area contributed by atoms with Crippen molar-refractivity contribution in [3.05, 3.63) is 0 Å². The lowest BCUT2D eigenvalue weighted by Crippen LogP contribution is -2.38. The third-order valence-corrected chi connectivity index (χ3v) is 2.89. The molecule has 1 atom stereocenters. The second-order valence-corrected chi connectivity index (χ2v) is 3.76. The minimum Gasteiger partial charge on any atom is -0.352 e. The molecule has 0 saturated carbocycles. The van der Waals surface area contributed by atoms with Crippen LogP contribution in [-0.4, -0.2) is 29.6 Å². The highest BCUT2D eigenvalue weighted by Crippen LogP contribution is 2.18. The first-order valence-electron chi connectivity index (χ1n) is 4.74. The summed E-state index contributed by atoms with van der Waals surface area (Å²) in [5, 5.41) is 3.85. The zero-order chi connectivity index (χ0) is 9.68. The van der Waals surface area contributed by atoms with E-state index in [0.717, 1.165) is 24.1 Å². The van der Waals surface area contributed by atoms with Gasteiger partial charge in [-0.15, -0.1) is 6.42 Å². The summed E-state index contributed by atoms with van der Waals surface area (Å²) >= 11 is 5.20. The average Bonchev–Trinajstić information content (AvgIpc) is 2.62. The van der Waals surface area contributed by atoms with Crippen LogP contribution in [0.2, 0.25) is 0 Å². The molecule has 0 aliphatic carbocycles. The van der Waals surface area contributed by atoms with E-state index in [2.05, 4.69) is 23.1 Å². The molecule has 2 nitrogen and oxygen atoms in total. The van der Waals surface area contributed by atoms with Gasteiger partial charge in [0, 0.05) is 13.1 Å². The van der Waals surface area contributed by atoms with Crippen molar-refractivity contribution in [2.45, 2.75) is 19.8 Å². The molecule has 1 N–H and O–H groups in total. The molecule has 1 heterocycles. The monoisotopic (exact) mass is 196 g/mol. The molecule has 0 spiro atoms. The van der Waals surface area contributed by atoms with E-state index in [1.54, 1.807) is 0 Å². The van der Waals surface area contributed by atoms with E-state index in [-0.39, 0.29) is 0 Å². The highest BCUT2D eigenvalue weighted by molar-refractivity contribution is 7.80. The Labute approximate surface area is 85.7 Å². The second-order valence-electron chi connectivity index (χ2n) is 3.37. The van der Waals surface area contributed by atoms with Crippen LogP contribution in [0.1, 0.15) is 19.8 Å². The summed E-state index contributed by atoms with van der Waals surface area (Å²) in [6, 6.07) is 0. The van der Waals surface area contributed by atoms with Crippen LogP contribution in [0.4, 0.5) is 0 Å². The Kier molecular flexibility index (Phi) is 4.04. The fourth-order valence-electron chi connectivity index (χ4n) is 1.59. The first kappa shape index (κ1) is 10.3. The van der Waals surface area contributed by atoms with Gasteiger partial charge in [0.05, 0.1) is 6.54 Å². The fourth-order valence-corrected chi connectivity index (χ4v) is 1.83. The smallest absolute Gasteiger partial charge is 0.169 e. The lowest BCUT2D eigenvalue weighted by atomic mass is 10.1. The number of rotatable bonds is 2. The highest BCUT2D eigenvalue weighted by atomic mass is 32.1. The minimum atomic E-state index is 0.534. The second kappa shape index (κ2) is 5.08. The third-order valence-electron chi connectivity index (χ3n) is 2.49. The van der Waals surface area contributed by atoms with Crippen LogP contribution in [0.5, 0.6) is 0 Å². The Morgan fingerprint density at radius 3 is 3.08 bits per heavy atom. The Balaban J connectivity index is 2.30. The van der Waals surface area contributed by atoms with Crippen molar-refractivity contribution in [3.8, 4) is 12.3 Å². The first-order chi connectivity index (χ1) is 6.27. The number of nitrogens with one attached hydrogen (secondary N) is 1. The Bertz CT molecular complexity index is 219. The van der Waals surface area contributed by atoms with Crippen LogP contribution in [0.25, 0.3) is 0 Å². The van der Waals surface area contributed by atoms with Gasteiger partial charge in [0.2, 0.25) is 0 Å². The van der Waals surface area contributed by atoms with E-state index >= 15 is 0 Å². The molecule has 1 saturated heterocycles. The predicted molar refractivity (Wildman–Crippen MR) is 59.4 cm³/mol. The molecule has 3 heteroatoms. The summed E-state index contributed by atoms with van der Waals surface area (Å²) in [6.45, 7) is 4.93. The topological polar surface area (TPSA) is 15.3 Å². The Morgan fingerprint density at radius 1 is 1.77 bits per heavy atom. The molecule has 0 aromatic heterocycles. The van der Waals surface area contributed by atoms with Crippen molar-refractivity contribution in [2.75, 3.05) is 19.6 Å². The molecular weight excluding hydrogens is 180 g/mol. The standard InChI is InChI=1S/C10H16N2S/c1-3-6-11-10(13)12-7-5-9(4-2)8-12/h1,9H,4-8H2,2H3,(H,11,13). The van der Waals surface area contributed by atoms with Crippen molar-refractivity contribution in [3.63, 3.8) is 0 Å². The maximum absolute atomic E-state index is 5.20. The maximum Gasteiger partial charge on any atom is 0.169 e. The number of hydrogen-bond donors (Lipinski definition) is 1. The molecule has 1 aliphatic rings. The SMILES string of the molecule is C#CCNC(=S)N1CCC(CC)C1. The molecule has 0 amide bonds. The lowest BCUT2D eigenvalue weighted by molar-refractivity contribution is 0.467. The van der Waals surface area contributed by atoms with Crippen LogP contribution >= 0.6 is 12.2 Å². The van der Waals surface area contributed by atoms with Gasteiger partial charge in [-0.1, -0.05) is 19.3 Å². The van der Waals surface area contributed by atoms with E-state index in [1.807, 2.05) is 0 Å². The van der Waals surface area contributed by atoms with Crippen molar-refractivity contribution in [1.29, 1.82) is 0 Å². The number of likely N-dealkylation sites (tertiary alicyclic amines) is 1. The van der Waals surface area contributed by atoms with E-state index < -0.39 is 0 Å². The molecule has 1 fully saturated rings. The van der Waals surface area contributed by atoms with Gasteiger partial charge in [0.1, 0.15) is 0 Å². The van der Waals surface area contributed by atoms with Gasteiger partial charge >= 0.3 is 0 Å². The summed E-state index contributed by atoms with van der Waals surface area (Å²) in [5.41, 5.74) is 0. The molecule has 0 aromatic rings. The normalized spacial score (nSPS) is 21.2. The minimum absolute atomic E-state index is 0.534. The van der Waals surface area contributed by atoms with Crippen LogP contribution in [0, 0.1) is 18.3 Å². The van der Waals surface area contributed by atoms with Crippen LogP contribution in [-0.2, 0) is 0 Å². The molecule has 1 unspecified atom stereocenters.